The van der Waals surface area contributed by atoms with Crippen LogP contribution in [0.15, 0.2) is 212 Å². The molecule has 3 heterocycles. The Hall–Kier alpha value is -8.41. The van der Waals surface area contributed by atoms with Gasteiger partial charge in [-0.15, -0.1) is 0 Å². The van der Waals surface area contributed by atoms with Crippen molar-refractivity contribution in [3.05, 3.63) is 223 Å². The largest absolute Gasteiger partial charge is 0.309 e. The molecule has 0 radical (unpaired) electrons. The summed E-state index contributed by atoms with van der Waals surface area (Å²) < 4.78 is 4.76. The molecule has 338 valence electrons. The van der Waals surface area contributed by atoms with Crippen LogP contribution in [0.2, 0.25) is 0 Å². The molecular weight excluding hydrogens is 851 g/mol. The number of para-hydroxylation sites is 1. The van der Waals surface area contributed by atoms with Crippen LogP contribution in [0.5, 0.6) is 0 Å². The van der Waals surface area contributed by atoms with E-state index in [2.05, 4.69) is 235 Å². The Morgan fingerprint density at radius 3 is 1.37 bits per heavy atom. The van der Waals surface area contributed by atoms with E-state index < -0.39 is 0 Å². The van der Waals surface area contributed by atoms with Gasteiger partial charge in [0.05, 0.1) is 22.1 Å². The van der Waals surface area contributed by atoms with Gasteiger partial charge in [0, 0.05) is 38.4 Å². The highest BCUT2D eigenvalue weighted by atomic mass is 15.2. The van der Waals surface area contributed by atoms with Crippen molar-refractivity contribution in [3.63, 3.8) is 0 Å². The number of hydrogen-bond acceptors (Lipinski definition) is 3. The lowest BCUT2D eigenvalue weighted by atomic mass is 9.98. The lowest BCUT2D eigenvalue weighted by molar-refractivity contribution is 0.796. The van der Waals surface area contributed by atoms with E-state index in [-0.39, 0.29) is 0 Å². The second-order valence-corrected chi connectivity index (χ2v) is 18.5. The summed E-state index contributed by atoms with van der Waals surface area (Å²) in [5.74, 6) is 1.81. The van der Waals surface area contributed by atoms with E-state index in [1.807, 2.05) is 0 Å². The normalized spacial score (nSPS) is 11.6. The van der Waals surface area contributed by atoms with Gasteiger partial charge in [-0.2, -0.15) is 9.97 Å². The molecule has 9 aromatic carbocycles. The van der Waals surface area contributed by atoms with Crippen molar-refractivity contribution in [2.75, 3.05) is 0 Å². The van der Waals surface area contributed by atoms with Gasteiger partial charge < -0.3 is 4.57 Å². The molecule has 3 aromatic heterocycles. The van der Waals surface area contributed by atoms with E-state index in [0.717, 1.165) is 70.2 Å². The zero-order valence-corrected chi connectivity index (χ0v) is 39.7. The van der Waals surface area contributed by atoms with Gasteiger partial charge >= 0.3 is 0 Å². The number of hydrogen-bond donors (Lipinski definition) is 0. The first-order valence-electron chi connectivity index (χ1n) is 24.9. The van der Waals surface area contributed by atoms with Gasteiger partial charge in [0.1, 0.15) is 0 Å². The van der Waals surface area contributed by atoms with Crippen LogP contribution in [0, 0.1) is 0 Å². The lowest BCUT2D eigenvalue weighted by Crippen LogP contribution is -2.06. The Bertz CT molecular complexity index is 3810. The summed E-state index contributed by atoms with van der Waals surface area (Å²) >= 11 is 0. The second-order valence-electron chi connectivity index (χ2n) is 18.5. The van der Waals surface area contributed by atoms with Gasteiger partial charge in [0.2, 0.25) is 5.95 Å². The zero-order chi connectivity index (χ0) is 47.0. The summed E-state index contributed by atoms with van der Waals surface area (Å²) in [6.45, 7) is 4.53. The summed E-state index contributed by atoms with van der Waals surface area (Å²) in [6, 6.07) is 76.6. The maximum atomic E-state index is 5.44. The highest BCUT2D eigenvalue weighted by Gasteiger charge is 2.24. The minimum absolute atomic E-state index is 0.580. The maximum absolute atomic E-state index is 5.44. The average Bonchev–Trinajstić information content (AvgIpc) is 3.95. The third-order valence-corrected chi connectivity index (χ3v) is 14.0. The molecule has 0 amide bonds. The number of unbranched alkanes of at least 4 members (excludes halogenated alkanes) is 2. The number of aryl methyl sites for hydroxylation is 2. The second kappa shape index (κ2) is 18.6. The fourth-order valence-corrected chi connectivity index (χ4v) is 10.3. The molecule has 0 aliphatic carbocycles. The molecular formula is C65H53N5. The van der Waals surface area contributed by atoms with Crippen LogP contribution in [0.25, 0.3) is 111 Å². The fourth-order valence-electron chi connectivity index (χ4n) is 10.3. The summed E-state index contributed by atoms with van der Waals surface area (Å²) in [4.78, 5) is 16.1. The van der Waals surface area contributed by atoms with E-state index in [4.69, 9.17) is 15.0 Å². The number of fused-ring (bicyclic) bond motifs is 7. The first-order valence-corrected chi connectivity index (χ1v) is 24.9. The van der Waals surface area contributed by atoms with Gasteiger partial charge in [-0.1, -0.05) is 190 Å². The molecule has 0 spiro atoms. The predicted molar refractivity (Wildman–Crippen MR) is 293 cm³/mol. The SMILES string of the molecule is CCCCc1ccc2c(c1)c1c(ccc3c4cc(CCCC)ccc4n(-c4ccccc4)c31)n2-c1nc(-c2ccc(-c3ccccc3)cc2)nc(-c2ccc(-c3cccc(-c4ccccc4)c3)cc2)n1. The number of aromatic nitrogens is 5. The van der Waals surface area contributed by atoms with Gasteiger partial charge in [0.15, 0.2) is 11.6 Å². The van der Waals surface area contributed by atoms with E-state index in [1.165, 1.54) is 73.2 Å². The molecule has 0 N–H and O–H groups in total. The molecule has 0 fully saturated rings. The molecule has 70 heavy (non-hydrogen) atoms. The van der Waals surface area contributed by atoms with E-state index in [1.54, 1.807) is 0 Å². The number of nitrogens with zero attached hydrogens (tertiary/aromatic N) is 5. The first kappa shape index (κ1) is 42.9. The zero-order valence-electron chi connectivity index (χ0n) is 39.7. The maximum Gasteiger partial charge on any atom is 0.238 e. The van der Waals surface area contributed by atoms with E-state index >= 15 is 0 Å². The van der Waals surface area contributed by atoms with Crippen LogP contribution in [0.3, 0.4) is 0 Å². The van der Waals surface area contributed by atoms with Crippen molar-refractivity contribution in [1.29, 1.82) is 0 Å². The summed E-state index contributed by atoms with van der Waals surface area (Å²) in [5, 5.41) is 4.90. The third-order valence-electron chi connectivity index (χ3n) is 14.0. The van der Waals surface area contributed by atoms with Crippen LogP contribution in [-0.2, 0) is 12.8 Å². The molecule has 0 atom stereocenters. The topological polar surface area (TPSA) is 48.5 Å². The summed E-state index contributed by atoms with van der Waals surface area (Å²) in [7, 11) is 0. The van der Waals surface area contributed by atoms with Gasteiger partial charge in [-0.25, -0.2) is 4.98 Å². The molecule has 5 heteroatoms. The Morgan fingerprint density at radius 1 is 0.343 bits per heavy atom. The molecule has 12 aromatic rings. The van der Waals surface area contributed by atoms with Crippen molar-refractivity contribution in [3.8, 4) is 67.8 Å². The smallest absolute Gasteiger partial charge is 0.238 e. The molecule has 0 saturated carbocycles. The van der Waals surface area contributed by atoms with Crippen LogP contribution in [0.4, 0.5) is 0 Å². The third kappa shape index (κ3) is 7.93. The Balaban J connectivity index is 1.08. The predicted octanol–water partition coefficient (Wildman–Crippen LogP) is 17.1. The van der Waals surface area contributed by atoms with Crippen LogP contribution in [-0.4, -0.2) is 24.1 Å². The fraction of sp³-hybridized carbons (Fsp3) is 0.123. The number of rotatable bonds is 13. The molecule has 5 nitrogen and oxygen atoms in total. The molecule has 0 unspecified atom stereocenters. The van der Waals surface area contributed by atoms with E-state index in [0.29, 0.717) is 17.6 Å². The van der Waals surface area contributed by atoms with E-state index in [9.17, 15) is 0 Å². The van der Waals surface area contributed by atoms with Crippen molar-refractivity contribution >= 4 is 43.6 Å². The van der Waals surface area contributed by atoms with Gasteiger partial charge in [-0.3, -0.25) is 4.57 Å². The lowest BCUT2D eigenvalue weighted by Gasteiger charge is -2.12. The molecule has 0 saturated heterocycles. The van der Waals surface area contributed by atoms with Gasteiger partial charge in [0.25, 0.3) is 0 Å². The Kier molecular flexibility index (Phi) is 11.4. The molecule has 0 aliphatic heterocycles. The first-order chi connectivity index (χ1) is 34.6. The van der Waals surface area contributed by atoms with Crippen molar-refractivity contribution < 1.29 is 0 Å². The average molecular weight is 904 g/mol. The monoisotopic (exact) mass is 903 g/mol. The standard InChI is InChI=1S/C65H53N5/c1-3-5-17-44-27-38-58-56(41-44)55-37-40-60-61(62(55)69(58)54-25-14-9-15-26-54)57-42-45(18-6-4-2)28-39-59(57)70(60)65-67-63(50-33-29-48(30-34-50)46-19-10-7-11-20-46)66-64(68-65)51-35-31-49(32-36-51)53-24-16-23-52(43-53)47-21-12-8-13-22-47/h7-16,19-43H,3-6,17-18H2,1-2H3. The van der Waals surface area contributed by atoms with Crippen molar-refractivity contribution in [1.82, 2.24) is 24.1 Å². The minimum atomic E-state index is 0.580. The Morgan fingerprint density at radius 2 is 0.800 bits per heavy atom. The van der Waals surface area contributed by atoms with Crippen LogP contribution < -0.4 is 0 Å². The quantitative estimate of drug-likeness (QED) is 0.116. The summed E-state index contributed by atoms with van der Waals surface area (Å²) in [6.07, 6.45) is 6.68. The van der Waals surface area contributed by atoms with Crippen LogP contribution in [0.1, 0.15) is 50.7 Å². The van der Waals surface area contributed by atoms with Crippen molar-refractivity contribution in [2.24, 2.45) is 0 Å². The molecule has 12 rings (SSSR count). The molecule has 0 aliphatic rings. The van der Waals surface area contributed by atoms with Crippen molar-refractivity contribution in [2.45, 2.75) is 52.4 Å². The van der Waals surface area contributed by atoms with Crippen LogP contribution >= 0.6 is 0 Å². The minimum Gasteiger partial charge on any atom is -0.309 e. The summed E-state index contributed by atoms with van der Waals surface area (Å²) in [5.41, 5.74) is 17.2. The highest BCUT2D eigenvalue weighted by Crippen LogP contribution is 2.43. The number of benzene rings is 9. The molecule has 0 bridgehead atoms. The Labute approximate surface area is 409 Å². The highest BCUT2D eigenvalue weighted by molar-refractivity contribution is 6.26. The van der Waals surface area contributed by atoms with Gasteiger partial charge in [-0.05, 0) is 119 Å².